The van der Waals surface area contributed by atoms with Crippen molar-refractivity contribution in [3.05, 3.63) is 36.1 Å². The predicted octanol–water partition coefficient (Wildman–Crippen LogP) is 3.30. The van der Waals surface area contributed by atoms with Gasteiger partial charge in [-0.1, -0.05) is 18.2 Å². The summed E-state index contributed by atoms with van der Waals surface area (Å²) in [7, 11) is 0. The Morgan fingerprint density at radius 1 is 1.41 bits per heavy atom. The third kappa shape index (κ3) is 2.63. The molecule has 0 bridgehead atoms. The van der Waals surface area contributed by atoms with Crippen LogP contribution in [0.2, 0.25) is 0 Å². The van der Waals surface area contributed by atoms with E-state index in [0.29, 0.717) is 12.3 Å². The molecule has 1 aromatic heterocycles. The van der Waals surface area contributed by atoms with E-state index in [0.717, 1.165) is 23.8 Å². The summed E-state index contributed by atoms with van der Waals surface area (Å²) in [5.74, 6) is 0.381. The molecule has 4 heteroatoms. The summed E-state index contributed by atoms with van der Waals surface area (Å²) in [6.07, 6.45) is 1.79. The monoisotopic (exact) mass is 301 g/mol. The highest BCUT2D eigenvalue weighted by Crippen LogP contribution is 2.32. The van der Waals surface area contributed by atoms with Crippen LogP contribution in [-0.2, 0) is 4.79 Å². The Labute approximate surface area is 130 Å². The van der Waals surface area contributed by atoms with Gasteiger partial charge in [0.2, 0.25) is 5.91 Å². The lowest BCUT2D eigenvalue weighted by Gasteiger charge is -2.35. The molecule has 1 aliphatic rings. The standard InChI is InChI=1S/C18H23NO3/c1-12(15-11-13-7-4-5-8-14(13)22-15)17(20)19-10-6-9-16(19)18(2,3)21/h4-5,7-8,11-12,16,21H,6,9-10H2,1-3H3. The fourth-order valence-electron chi connectivity index (χ4n) is 3.35. The fourth-order valence-corrected chi connectivity index (χ4v) is 3.35. The summed E-state index contributed by atoms with van der Waals surface area (Å²) in [5.41, 5.74) is -0.0719. The van der Waals surface area contributed by atoms with Crippen LogP contribution in [0.1, 0.15) is 45.3 Å². The van der Waals surface area contributed by atoms with Crippen molar-refractivity contribution >= 4 is 16.9 Å². The summed E-state index contributed by atoms with van der Waals surface area (Å²) >= 11 is 0. The molecule has 0 radical (unpaired) electrons. The van der Waals surface area contributed by atoms with Gasteiger partial charge in [-0.2, -0.15) is 0 Å². The molecule has 1 aromatic carbocycles. The maximum atomic E-state index is 12.8. The number of benzene rings is 1. The van der Waals surface area contributed by atoms with Crippen molar-refractivity contribution in [2.45, 2.75) is 51.2 Å². The summed E-state index contributed by atoms with van der Waals surface area (Å²) < 4.78 is 5.82. The molecule has 0 aliphatic carbocycles. The van der Waals surface area contributed by atoms with Crippen LogP contribution in [0, 0.1) is 0 Å². The van der Waals surface area contributed by atoms with Gasteiger partial charge < -0.3 is 14.4 Å². The van der Waals surface area contributed by atoms with E-state index in [9.17, 15) is 9.90 Å². The molecule has 22 heavy (non-hydrogen) atoms. The van der Waals surface area contributed by atoms with Gasteiger partial charge in [0.15, 0.2) is 0 Å². The lowest BCUT2D eigenvalue weighted by Crippen LogP contribution is -2.49. The first kappa shape index (κ1) is 15.1. The summed E-state index contributed by atoms with van der Waals surface area (Å²) in [6, 6.07) is 9.59. The second-order valence-electron chi connectivity index (χ2n) is 6.75. The lowest BCUT2D eigenvalue weighted by molar-refractivity contribution is -0.138. The Bertz CT molecular complexity index is 650. The van der Waals surface area contributed by atoms with E-state index in [2.05, 4.69) is 0 Å². The van der Waals surface area contributed by atoms with Crippen LogP contribution in [0.3, 0.4) is 0 Å². The molecule has 1 saturated heterocycles. The van der Waals surface area contributed by atoms with Gasteiger partial charge in [0, 0.05) is 11.9 Å². The average molecular weight is 301 g/mol. The van der Waals surface area contributed by atoms with Crippen molar-refractivity contribution in [3.63, 3.8) is 0 Å². The molecule has 2 heterocycles. The number of para-hydroxylation sites is 1. The van der Waals surface area contributed by atoms with Gasteiger partial charge in [-0.05, 0) is 45.7 Å². The molecular weight excluding hydrogens is 278 g/mol. The molecule has 3 rings (SSSR count). The van der Waals surface area contributed by atoms with Crippen LogP contribution in [0.15, 0.2) is 34.7 Å². The van der Waals surface area contributed by atoms with Crippen molar-refractivity contribution in [1.29, 1.82) is 0 Å². The van der Waals surface area contributed by atoms with Crippen molar-refractivity contribution in [3.8, 4) is 0 Å². The van der Waals surface area contributed by atoms with E-state index in [-0.39, 0.29) is 17.9 Å². The highest BCUT2D eigenvalue weighted by atomic mass is 16.3. The maximum Gasteiger partial charge on any atom is 0.233 e. The molecule has 4 nitrogen and oxygen atoms in total. The Morgan fingerprint density at radius 2 is 2.14 bits per heavy atom. The van der Waals surface area contributed by atoms with Gasteiger partial charge in [-0.15, -0.1) is 0 Å². The SMILES string of the molecule is CC(C(=O)N1CCCC1C(C)(C)O)c1cc2ccccc2o1. The first-order chi connectivity index (χ1) is 10.4. The quantitative estimate of drug-likeness (QED) is 0.946. The number of hydrogen-bond acceptors (Lipinski definition) is 3. The maximum absolute atomic E-state index is 12.8. The Morgan fingerprint density at radius 3 is 2.82 bits per heavy atom. The van der Waals surface area contributed by atoms with Crippen molar-refractivity contribution in [1.82, 2.24) is 4.90 Å². The van der Waals surface area contributed by atoms with Gasteiger partial charge in [0.25, 0.3) is 0 Å². The zero-order valence-electron chi connectivity index (χ0n) is 13.4. The lowest BCUT2D eigenvalue weighted by atomic mass is 9.95. The molecule has 118 valence electrons. The smallest absolute Gasteiger partial charge is 0.233 e. The number of likely N-dealkylation sites (tertiary alicyclic amines) is 1. The molecule has 2 atom stereocenters. The van der Waals surface area contributed by atoms with Crippen LogP contribution in [-0.4, -0.2) is 34.1 Å². The van der Waals surface area contributed by atoms with E-state index in [1.165, 1.54) is 0 Å². The minimum atomic E-state index is -0.875. The molecular formula is C18H23NO3. The fraction of sp³-hybridized carbons (Fsp3) is 0.500. The van der Waals surface area contributed by atoms with Crippen LogP contribution in [0.4, 0.5) is 0 Å². The van der Waals surface area contributed by atoms with E-state index in [1.807, 2.05) is 42.2 Å². The first-order valence-corrected chi connectivity index (χ1v) is 7.89. The normalized spacial score (nSPS) is 20.5. The highest BCUT2D eigenvalue weighted by Gasteiger charge is 2.40. The van der Waals surface area contributed by atoms with E-state index < -0.39 is 5.60 Å². The molecule has 1 amide bonds. The Hall–Kier alpha value is -1.81. The van der Waals surface area contributed by atoms with Crippen molar-refractivity contribution in [2.75, 3.05) is 6.54 Å². The Balaban J connectivity index is 1.85. The number of rotatable bonds is 3. The van der Waals surface area contributed by atoms with E-state index in [1.54, 1.807) is 13.8 Å². The third-order valence-corrected chi connectivity index (χ3v) is 4.59. The number of carbonyl (C=O) groups excluding carboxylic acids is 1. The predicted molar refractivity (Wildman–Crippen MR) is 85.7 cm³/mol. The average Bonchev–Trinajstić information content (AvgIpc) is 3.11. The zero-order chi connectivity index (χ0) is 15.9. The van der Waals surface area contributed by atoms with E-state index in [4.69, 9.17) is 4.42 Å². The van der Waals surface area contributed by atoms with Crippen molar-refractivity contribution < 1.29 is 14.3 Å². The number of hydrogen-bond donors (Lipinski definition) is 1. The highest BCUT2D eigenvalue weighted by molar-refractivity contribution is 5.86. The summed E-state index contributed by atoms with van der Waals surface area (Å²) in [5, 5.41) is 11.3. The number of aliphatic hydroxyl groups is 1. The largest absolute Gasteiger partial charge is 0.460 e. The molecule has 0 saturated carbocycles. The molecule has 2 aromatic rings. The number of fused-ring (bicyclic) bond motifs is 1. The number of amides is 1. The number of carbonyl (C=O) groups is 1. The third-order valence-electron chi connectivity index (χ3n) is 4.59. The van der Waals surface area contributed by atoms with Crippen LogP contribution < -0.4 is 0 Å². The topological polar surface area (TPSA) is 53.7 Å². The van der Waals surface area contributed by atoms with Crippen LogP contribution in [0.25, 0.3) is 11.0 Å². The van der Waals surface area contributed by atoms with Crippen molar-refractivity contribution in [2.24, 2.45) is 0 Å². The molecule has 1 fully saturated rings. The van der Waals surface area contributed by atoms with Gasteiger partial charge in [-0.25, -0.2) is 0 Å². The molecule has 1 aliphatic heterocycles. The van der Waals surface area contributed by atoms with Gasteiger partial charge in [0.05, 0.1) is 17.6 Å². The second-order valence-corrected chi connectivity index (χ2v) is 6.75. The molecule has 0 spiro atoms. The summed E-state index contributed by atoms with van der Waals surface area (Å²) in [4.78, 5) is 14.7. The minimum Gasteiger partial charge on any atom is -0.460 e. The summed E-state index contributed by atoms with van der Waals surface area (Å²) in [6.45, 7) is 6.13. The number of nitrogens with zero attached hydrogens (tertiary/aromatic N) is 1. The second kappa shape index (κ2) is 5.43. The minimum absolute atomic E-state index is 0.0312. The van der Waals surface area contributed by atoms with Crippen LogP contribution in [0.5, 0.6) is 0 Å². The van der Waals surface area contributed by atoms with E-state index >= 15 is 0 Å². The van der Waals surface area contributed by atoms with Gasteiger partial charge in [-0.3, -0.25) is 4.79 Å². The van der Waals surface area contributed by atoms with Gasteiger partial charge >= 0.3 is 0 Å². The first-order valence-electron chi connectivity index (χ1n) is 7.89. The van der Waals surface area contributed by atoms with Gasteiger partial charge in [0.1, 0.15) is 11.3 Å². The van der Waals surface area contributed by atoms with Crippen LogP contribution >= 0.6 is 0 Å². The Kier molecular flexibility index (Phi) is 3.73. The zero-order valence-corrected chi connectivity index (χ0v) is 13.4. The molecule has 1 N–H and O–H groups in total. The number of furan rings is 1. The molecule has 2 unspecified atom stereocenters.